The Balaban J connectivity index is 2.02. The van der Waals surface area contributed by atoms with E-state index in [-0.39, 0.29) is 0 Å². The van der Waals surface area contributed by atoms with E-state index in [2.05, 4.69) is 0 Å². The van der Waals surface area contributed by atoms with E-state index in [0.29, 0.717) is 18.0 Å². The van der Waals surface area contributed by atoms with E-state index in [1.54, 1.807) is 0 Å². The van der Waals surface area contributed by atoms with Gasteiger partial charge in [-0.05, 0) is 29.8 Å². The molecule has 2 rings (SSSR count). The number of ether oxygens (including phenoxy) is 1. The van der Waals surface area contributed by atoms with E-state index < -0.39 is 0 Å². The summed E-state index contributed by atoms with van der Waals surface area (Å²) in [6, 6.07) is 15.0. The lowest BCUT2D eigenvalue weighted by molar-refractivity contribution is 0.308. The predicted molar refractivity (Wildman–Crippen MR) is 66.6 cm³/mol. The fraction of sp³-hybridized carbons (Fsp3) is 0.0769. The number of nitrogens with two attached hydrogens (primary N) is 1. The smallest absolute Gasteiger partial charge is 0.142 e. The number of rotatable bonds is 3. The Hall–Kier alpha value is -1.67. The summed E-state index contributed by atoms with van der Waals surface area (Å²) in [4.78, 5) is 0. The summed E-state index contributed by atoms with van der Waals surface area (Å²) >= 11 is 5.79. The van der Waals surface area contributed by atoms with E-state index in [1.807, 2.05) is 48.5 Å². The monoisotopic (exact) mass is 233 g/mol. The highest BCUT2D eigenvalue weighted by Gasteiger charge is 1.99. The molecule has 0 saturated carbocycles. The van der Waals surface area contributed by atoms with Gasteiger partial charge >= 0.3 is 0 Å². The number of benzene rings is 2. The summed E-state index contributed by atoms with van der Waals surface area (Å²) in [7, 11) is 0. The molecule has 0 fully saturated rings. The SMILES string of the molecule is Nc1ccccc1OCc1ccc(Cl)cc1. The average molecular weight is 234 g/mol. The van der Waals surface area contributed by atoms with Gasteiger partial charge in [-0.25, -0.2) is 0 Å². The van der Waals surface area contributed by atoms with Crippen molar-refractivity contribution in [1.82, 2.24) is 0 Å². The van der Waals surface area contributed by atoms with Crippen molar-refractivity contribution in [2.75, 3.05) is 5.73 Å². The molecule has 0 saturated heterocycles. The molecule has 0 unspecified atom stereocenters. The van der Waals surface area contributed by atoms with Crippen molar-refractivity contribution in [2.24, 2.45) is 0 Å². The largest absolute Gasteiger partial charge is 0.487 e. The van der Waals surface area contributed by atoms with Crippen molar-refractivity contribution in [3.63, 3.8) is 0 Å². The van der Waals surface area contributed by atoms with Gasteiger partial charge in [0.05, 0.1) is 5.69 Å². The van der Waals surface area contributed by atoms with E-state index in [0.717, 1.165) is 10.6 Å². The summed E-state index contributed by atoms with van der Waals surface area (Å²) in [6.07, 6.45) is 0. The fourth-order valence-electron chi connectivity index (χ4n) is 1.35. The minimum absolute atomic E-state index is 0.491. The van der Waals surface area contributed by atoms with Crippen molar-refractivity contribution in [3.05, 3.63) is 59.1 Å². The third-order valence-corrected chi connectivity index (χ3v) is 2.48. The molecule has 82 valence electrons. The van der Waals surface area contributed by atoms with Crippen molar-refractivity contribution in [3.8, 4) is 5.75 Å². The second kappa shape index (κ2) is 4.90. The topological polar surface area (TPSA) is 35.2 Å². The van der Waals surface area contributed by atoms with Gasteiger partial charge in [0.2, 0.25) is 0 Å². The van der Waals surface area contributed by atoms with Crippen LogP contribution in [-0.2, 0) is 6.61 Å². The van der Waals surface area contributed by atoms with Crippen LogP contribution in [0.15, 0.2) is 48.5 Å². The predicted octanol–water partition coefficient (Wildman–Crippen LogP) is 3.50. The van der Waals surface area contributed by atoms with Crippen molar-refractivity contribution in [2.45, 2.75) is 6.61 Å². The molecule has 0 aromatic heterocycles. The molecule has 16 heavy (non-hydrogen) atoms. The lowest BCUT2D eigenvalue weighted by Crippen LogP contribution is -1.98. The number of para-hydroxylation sites is 2. The Morgan fingerprint density at radius 2 is 1.69 bits per heavy atom. The summed E-state index contributed by atoms with van der Waals surface area (Å²) in [5.41, 5.74) is 7.47. The van der Waals surface area contributed by atoms with Crippen molar-refractivity contribution >= 4 is 17.3 Å². The maximum absolute atomic E-state index is 5.79. The van der Waals surface area contributed by atoms with Gasteiger partial charge in [0.1, 0.15) is 12.4 Å². The van der Waals surface area contributed by atoms with Crippen LogP contribution >= 0.6 is 11.6 Å². The van der Waals surface area contributed by atoms with E-state index in [1.165, 1.54) is 0 Å². The summed E-state index contributed by atoms with van der Waals surface area (Å²) in [6.45, 7) is 0.491. The molecule has 2 N–H and O–H groups in total. The Labute approximate surface area is 99.6 Å². The first-order valence-corrected chi connectivity index (χ1v) is 5.35. The number of hydrogen-bond donors (Lipinski definition) is 1. The van der Waals surface area contributed by atoms with Crippen LogP contribution in [0.3, 0.4) is 0 Å². The standard InChI is InChI=1S/C13H12ClNO/c14-11-7-5-10(6-8-11)9-16-13-4-2-1-3-12(13)15/h1-8H,9,15H2. The maximum Gasteiger partial charge on any atom is 0.142 e. The van der Waals surface area contributed by atoms with Crippen LogP contribution in [0.25, 0.3) is 0 Å². The first-order chi connectivity index (χ1) is 7.75. The van der Waals surface area contributed by atoms with Crippen LogP contribution < -0.4 is 10.5 Å². The number of anilines is 1. The van der Waals surface area contributed by atoms with Gasteiger partial charge in [-0.1, -0.05) is 35.9 Å². The second-order valence-corrected chi connectivity index (χ2v) is 3.89. The molecule has 2 aromatic rings. The molecule has 0 spiro atoms. The van der Waals surface area contributed by atoms with Crippen LogP contribution in [-0.4, -0.2) is 0 Å². The molecule has 0 bridgehead atoms. The Morgan fingerprint density at radius 1 is 1.00 bits per heavy atom. The van der Waals surface area contributed by atoms with Crippen LogP contribution in [0.4, 0.5) is 5.69 Å². The maximum atomic E-state index is 5.79. The van der Waals surface area contributed by atoms with Gasteiger partial charge in [0.25, 0.3) is 0 Å². The zero-order valence-corrected chi connectivity index (χ0v) is 9.45. The molecule has 0 atom stereocenters. The minimum atomic E-state index is 0.491. The summed E-state index contributed by atoms with van der Waals surface area (Å²) < 4.78 is 5.59. The van der Waals surface area contributed by atoms with Gasteiger partial charge in [0, 0.05) is 5.02 Å². The number of nitrogen functional groups attached to an aromatic ring is 1. The van der Waals surface area contributed by atoms with Crippen LogP contribution in [0.2, 0.25) is 5.02 Å². The summed E-state index contributed by atoms with van der Waals surface area (Å²) in [5, 5.41) is 0.725. The van der Waals surface area contributed by atoms with Gasteiger partial charge in [-0.2, -0.15) is 0 Å². The number of hydrogen-bond acceptors (Lipinski definition) is 2. The highest BCUT2D eigenvalue weighted by atomic mass is 35.5. The molecule has 0 aliphatic carbocycles. The Morgan fingerprint density at radius 3 is 2.38 bits per heavy atom. The van der Waals surface area contributed by atoms with Crippen LogP contribution in [0.1, 0.15) is 5.56 Å². The first-order valence-electron chi connectivity index (χ1n) is 4.97. The molecule has 2 aromatic carbocycles. The van der Waals surface area contributed by atoms with E-state index in [4.69, 9.17) is 22.1 Å². The van der Waals surface area contributed by atoms with E-state index >= 15 is 0 Å². The van der Waals surface area contributed by atoms with Gasteiger partial charge in [-0.15, -0.1) is 0 Å². The quantitative estimate of drug-likeness (QED) is 0.824. The minimum Gasteiger partial charge on any atom is -0.487 e. The molecule has 0 radical (unpaired) electrons. The van der Waals surface area contributed by atoms with Crippen molar-refractivity contribution in [1.29, 1.82) is 0 Å². The van der Waals surface area contributed by atoms with Crippen LogP contribution in [0, 0.1) is 0 Å². The molecule has 0 aliphatic heterocycles. The fourth-order valence-corrected chi connectivity index (χ4v) is 1.48. The summed E-state index contributed by atoms with van der Waals surface area (Å²) in [5.74, 6) is 0.706. The molecular weight excluding hydrogens is 222 g/mol. The molecule has 2 nitrogen and oxygen atoms in total. The van der Waals surface area contributed by atoms with Crippen LogP contribution in [0.5, 0.6) is 5.75 Å². The number of halogens is 1. The van der Waals surface area contributed by atoms with Gasteiger partial charge < -0.3 is 10.5 Å². The third kappa shape index (κ3) is 2.67. The highest BCUT2D eigenvalue weighted by Crippen LogP contribution is 2.21. The highest BCUT2D eigenvalue weighted by molar-refractivity contribution is 6.30. The lowest BCUT2D eigenvalue weighted by Gasteiger charge is -2.08. The molecule has 0 aliphatic rings. The Bertz CT molecular complexity index is 468. The average Bonchev–Trinajstić information content (AvgIpc) is 2.30. The van der Waals surface area contributed by atoms with Gasteiger partial charge in [0.15, 0.2) is 0 Å². The molecular formula is C13H12ClNO. The second-order valence-electron chi connectivity index (χ2n) is 3.45. The molecule has 0 heterocycles. The Kier molecular flexibility index (Phi) is 3.32. The molecule has 3 heteroatoms. The third-order valence-electron chi connectivity index (χ3n) is 2.23. The zero-order valence-electron chi connectivity index (χ0n) is 8.69. The van der Waals surface area contributed by atoms with Crippen molar-refractivity contribution < 1.29 is 4.74 Å². The molecule has 0 amide bonds. The lowest BCUT2D eigenvalue weighted by atomic mass is 10.2. The van der Waals surface area contributed by atoms with E-state index in [9.17, 15) is 0 Å². The normalized spacial score (nSPS) is 10.1. The van der Waals surface area contributed by atoms with Gasteiger partial charge in [-0.3, -0.25) is 0 Å². The zero-order chi connectivity index (χ0) is 11.4. The first kappa shape index (κ1) is 10.8.